The highest BCUT2D eigenvalue weighted by Crippen LogP contribution is 2.37. The third-order valence-corrected chi connectivity index (χ3v) is 6.70. The summed E-state index contributed by atoms with van der Waals surface area (Å²) >= 11 is 0. The molecule has 2 aliphatic heterocycles. The highest BCUT2D eigenvalue weighted by atomic mass is 19.1. The smallest absolute Gasteiger partial charge is 0.216 e. The van der Waals surface area contributed by atoms with Gasteiger partial charge in [0.05, 0.1) is 31.2 Å². The zero-order chi connectivity index (χ0) is 24.0. The molecule has 0 aliphatic carbocycles. The number of nitrogens with one attached hydrogen (secondary N) is 1. The first kappa shape index (κ1) is 22.4. The minimum absolute atomic E-state index is 0.0131. The van der Waals surface area contributed by atoms with Gasteiger partial charge in [0.1, 0.15) is 23.6 Å². The maximum absolute atomic E-state index is 14.9. The Morgan fingerprint density at radius 1 is 1.09 bits per heavy atom. The maximum atomic E-state index is 14.9. The Labute approximate surface area is 194 Å². The molecular formula is C24H24F3N5O2. The number of phenols is 1. The molecule has 0 saturated carbocycles. The van der Waals surface area contributed by atoms with Crippen LogP contribution >= 0.6 is 0 Å². The monoisotopic (exact) mass is 471 g/mol. The minimum atomic E-state index is -1.01. The van der Waals surface area contributed by atoms with Crippen LogP contribution < -0.4 is 15.0 Å². The number of methoxy groups -OCH3 is 1. The van der Waals surface area contributed by atoms with Crippen LogP contribution in [0.5, 0.6) is 11.6 Å². The number of nitrogens with zero attached hydrogens (tertiary/aromatic N) is 4. The van der Waals surface area contributed by atoms with E-state index in [2.05, 4.69) is 20.3 Å². The van der Waals surface area contributed by atoms with Crippen LogP contribution in [0.1, 0.15) is 19.3 Å². The van der Waals surface area contributed by atoms with Gasteiger partial charge in [0.2, 0.25) is 11.8 Å². The molecule has 2 bridgehead atoms. The molecule has 178 valence electrons. The molecular weight excluding hydrogens is 447 g/mol. The van der Waals surface area contributed by atoms with Crippen molar-refractivity contribution in [2.45, 2.75) is 43.6 Å². The molecule has 0 radical (unpaired) electrons. The van der Waals surface area contributed by atoms with Gasteiger partial charge in [-0.2, -0.15) is 9.37 Å². The quantitative estimate of drug-likeness (QED) is 0.547. The van der Waals surface area contributed by atoms with E-state index in [-0.39, 0.29) is 46.1 Å². The van der Waals surface area contributed by atoms with Gasteiger partial charge in [0, 0.05) is 42.4 Å². The lowest BCUT2D eigenvalue weighted by Gasteiger charge is -2.38. The molecule has 5 rings (SSSR count). The van der Waals surface area contributed by atoms with E-state index in [1.54, 1.807) is 11.9 Å². The summed E-state index contributed by atoms with van der Waals surface area (Å²) in [4.78, 5) is 14.1. The Kier molecular flexibility index (Phi) is 5.76. The van der Waals surface area contributed by atoms with E-state index < -0.39 is 17.9 Å². The Morgan fingerprint density at radius 2 is 1.91 bits per heavy atom. The minimum Gasteiger partial charge on any atom is -0.507 e. The predicted octanol–water partition coefficient (Wildman–Crippen LogP) is 3.87. The van der Waals surface area contributed by atoms with Gasteiger partial charge >= 0.3 is 0 Å². The number of phenolic OH excluding ortho intramolecular Hbond substituents is 1. The standard InChI is InChI=1S/C24H24F3N5O2/c1-32(19-7-13-3-4-17(30-13)24(19)27)22-11-28-18(10-29-22)15-8-16(25)14(9-20(15)33)12-5-21(26)31-23(6-12)34-2/h5-6,8-11,13,17,19,24,30,33H,3-4,7H2,1-2H3/t13?,17?,19-,24+/m1/s1. The van der Waals surface area contributed by atoms with Crippen molar-refractivity contribution in [3.05, 3.63) is 48.4 Å². The number of anilines is 1. The van der Waals surface area contributed by atoms with Crippen molar-refractivity contribution in [1.82, 2.24) is 20.3 Å². The SMILES string of the molecule is COc1cc(-c2cc(O)c(-c3cnc(N(C)[C@@H]4CC5CCC(N5)[C@@H]4F)cn3)cc2F)cc(F)n1. The zero-order valence-corrected chi connectivity index (χ0v) is 18.7. The molecule has 10 heteroatoms. The van der Waals surface area contributed by atoms with Crippen LogP contribution in [0.3, 0.4) is 0 Å². The van der Waals surface area contributed by atoms with E-state index in [0.717, 1.165) is 25.0 Å². The van der Waals surface area contributed by atoms with Crippen LogP contribution in [0.25, 0.3) is 22.4 Å². The Morgan fingerprint density at radius 3 is 2.65 bits per heavy atom. The molecule has 4 atom stereocenters. The van der Waals surface area contributed by atoms with Gasteiger partial charge in [0.25, 0.3) is 0 Å². The van der Waals surface area contributed by atoms with Gasteiger partial charge in [-0.15, -0.1) is 0 Å². The number of ether oxygens (including phenoxy) is 1. The lowest BCUT2D eigenvalue weighted by Crippen LogP contribution is -2.55. The van der Waals surface area contributed by atoms with Crippen molar-refractivity contribution in [3.8, 4) is 34.0 Å². The van der Waals surface area contributed by atoms with Crippen molar-refractivity contribution in [2.24, 2.45) is 0 Å². The molecule has 0 spiro atoms. The molecule has 2 aliphatic rings. The topological polar surface area (TPSA) is 83.4 Å². The second-order valence-electron chi connectivity index (χ2n) is 8.74. The Balaban J connectivity index is 1.40. The summed E-state index contributed by atoms with van der Waals surface area (Å²) in [7, 11) is 3.12. The van der Waals surface area contributed by atoms with E-state index in [0.29, 0.717) is 18.3 Å². The molecule has 34 heavy (non-hydrogen) atoms. The largest absolute Gasteiger partial charge is 0.507 e. The molecule has 2 aromatic heterocycles. The summed E-state index contributed by atoms with van der Waals surface area (Å²) in [6.07, 6.45) is 4.39. The summed E-state index contributed by atoms with van der Waals surface area (Å²) in [5.41, 5.74) is 0.539. The molecule has 2 saturated heterocycles. The number of alkyl halides is 1. The van der Waals surface area contributed by atoms with E-state index in [1.807, 2.05) is 0 Å². The zero-order valence-electron chi connectivity index (χ0n) is 18.7. The van der Waals surface area contributed by atoms with E-state index >= 15 is 0 Å². The van der Waals surface area contributed by atoms with Gasteiger partial charge in [-0.05, 0) is 37.0 Å². The van der Waals surface area contributed by atoms with Crippen LogP contribution in [0.2, 0.25) is 0 Å². The summed E-state index contributed by atoms with van der Waals surface area (Å²) in [6.45, 7) is 0. The van der Waals surface area contributed by atoms with Gasteiger partial charge in [-0.1, -0.05) is 0 Å². The third-order valence-electron chi connectivity index (χ3n) is 6.70. The van der Waals surface area contributed by atoms with Crippen LogP contribution in [-0.2, 0) is 0 Å². The number of halogens is 3. The van der Waals surface area contributed by atoms with E-state index in [9.17, 15) is 18.3 Å². The average Bonchev–Trinajstić information content (AvgIpc) is 3.25. The van der Waals surface area contributed by atoms with Gasteiger partial charge in [-0.25, -0.2) is 13.8 Å². The Hall–Kier alpha value is -3.40. The maximum Gasteiger partial charge on any atom is 0.216 e. The number of benzene rings is 1. The highest BCUT2D eigenvalue weighted by Gasteiger charge is 2.43. The van der Waals surface area contributed by atoms with Crippen LogP contribution in [0.4, 0.5) is 19.0 Å². The fourth-order valence-electron chi connectivity index (χ4n) is 4.88. The summed E-state index contributed by atoms with van der Waals surface area (Å²) in [5.74, 6) is -1.29. The van der Waals surface area contributed by atoms with Crippen molar-refractivity contribution in [1.29, 1.82) is 0 Å². The number of aromatic hydroxyl groups is 1. The van der Waals surface area contributed by atoms with Crippen molar-refractivity contribution in [3.63, 3.8) is 0 Å². The fourth-order valence-corrected chi connectivity index (χ4v) is 4.88. The lowest BCUT2D eigenvalue weighted by atomic mass is 9.96. The number of hydrogen-bond donors (Lipinski definition) is 2. The number of piperidine rings is 1. The van der Waals surface area contributed by atoms with Crippen LogP contribution in [-0.4, -0.2) is 58.5 Å². The van der Waals surface area contributed by atoms with E-state index in [4.69, 9.17) is 4.74 Å². The normalized spacial score (nSPS) is 23.7. The number of rotatable bonds is 5. The molecule has 3 aromatic rings. The molecule has 7 nitrogen and oxygen atoms in total. The fraction of sp³-hybridized carbons (Fsp3) is 0.375. The Bertz CT molecular complexity index is 1210. The van der Waals surface area contributed by atoms with Crippen LogP contribution in [0, 0.1) is 11.8 Å². The molecule has 1 aromatic carbocycles. The third kappa shape index (κ3) is 4.02. The summed E-state index contributed by atoms with van der Waals surface area (Å²) in [5, 5.41) is 13.9. The van der Waals surface area contributed by atoms with Crippen molar-refractivity contribution >= 4 is 5.82 Å². The molecule has 2 fully saturated rings. The highest BCUT2D eigenvalue weighted by molar-refractivity contribution is 5.75. The molecule has 2 N–H and O–H groups in total. The van der Waals surface area contributed by atoms with Gasteiger partial charge in [-0.3, -0.25) is 4.98 Å². The molecule has 4 heterocycles. The van der Waals surface area contributed by atoms with Gasteiger partial charge in [0.15, 0.2) is 0 Å². The second kappa shape index (κ2) is 8.75. The first-order valence-corrected chi connectivity index (χ1v) is 11.0. The molecule has 0 amide bonds. The first-order valence-electron chi connectivity index (χ1n) is 11.0. The summed E-state index contributed by atoms with van der Waals surface area (Å²) < 4.78 is 48.5. The number of aromatic nitrogens is 3. The second-order valence-corrected chi connectivity index (χ2v) is 8.74. The number of pyridine rings is 1. The number of fused-ring (bicyclic) bond motifs is 2. The van der Waals surface area contributed by atoms with E-state index in [1.165, 1.54) is 31.6 Å². The van der Waals surface area contributed by atoms with Crippen molar-refractivity contribution < 1.29 is 23.0 Å². The number of hydrogen-bond acceptors (Lipinski definition) is 7. The predicted molar refractivity (Wildman–Crippen MR) is 120 cm³/mol. The molecule has 2 unspecified atom stereocenters. The van der Waals surface area contributed by atoms with Crippen LogP contribution in [0.15, 0.2) is 36.7 Å². The average molecular weight is 471 g/mol. The van der Waals surface area contributed by atoms with Gasteiger partial charge < -0.3 is 20.1 Å². The summed E-state index contributed by atoms with van der Waals surface area (Å²) in [6, 6.07) is 4.60. The lowest BCUT2D eigenvalue weighted by molar-refractivity contribution is 0.176. The first-order chi connectivity index (χ1) is 16.3. The van der Waals surface area contributed by atoms with Crippen molar-refractivity contribution in [2.75, 3.05) is 19.1 Å².